The largest absolute Gasteiger partial charge is 0.479 e. The van der Waals surface area contributed by atoms with E-state index in [0.717, 1.165) is 5.56 Å². The van der Waals surface area contributed by atoms with Gasteiger partial charge < -0.3 is 19.7 Å². The smallest absolute Gasteiger partial charge is 0.336 e. The lowest BCUT2D eigenvalue weighted by molar-refractivity contribution is -0.352. The van der Waals surface area contributed by atoms with Gasteiger partial charge in [0.25, 0.3) is 0 Å². The molecule has 1 aromatic rings. The second-order valence-corrected chi connectivity index (χ2v) is 9.10. The minimum atomic E-state index is -1.55. The molecular weight excluding hydrogens is 378 g/mol. The first-order valence-electron chi connectivity index (χ1n) is 9.70. The molecule has 2 heterocycles. The highest BCUT2D eigenvalue weighted by atomic mass is 16.8. The molecule has 160 valence electrons. The third kappa shape index (κ3) is 4.16. The topological polar surface area (TPSA) is 106 Å². The number of hydroxylamine groups is 2. The quantitative estimate of drug-likeness (QED) is 0.767. The predicted molar refractivity (Wildman–Crippen MR) is 103 cm³/mol. The van der Waals surface area contributed by atoms with Gasteiger partial charge in [0.1, 0.15) is 6.10 Å². The number of hydrogen-bond acceptors (Lipinski definition) is 6. The lowest BCUT2D eigenvalue weighted by Crippen LogP contribution is -2.65. The molecule has 1 spiro atoms. The number of carboxylic acids is 2. The summed E-state index contributed by atoms with van der Waals surface area (Å²) in [4.78, 5) is 29.4. The number of hydrogen-bond donors (Lipinski definition) is 2. The fourth-order valence-corrected chi connectivity index (χ4v) is 4.71. The Kier molecular flexibility index (Phi) is 5.51. The fourth-order valence-electron chi connectivity index (χ4n) is 4.71. The first-order valence-corrected chi connectivity index (χ1v) is 9.70. The van der Waals surface area contributed by atoms with E-state index in [9.17, 15) is 19.8 Å². The minimum Gasteiger partial charge on any atom is -0.479 e. The molecule has 3 rings (SSSR count). The van der Waals surface area contributed by atoms with E-state index in [1.165, 1.54) is 0 Å². The molecular formula is C21H29NO7. The van der Waals surface area contributed by atoms with Gasteiger partial charge in [-0.1, -0.05) is 30.3 Å². The maximum absolute atomic E-state index is 11.5. The van der Waals surface area contributed by atoms with E-state index in [1.54, 1.807) is 0 Å². The summed E-state index contributed by atoms with van der Waals surface area (Å²) < 4.78 is 11.5. The Bertz CT molecular complexity index is 734. The molecule has 0 radical (unpaired) electrons. The first-order chi connectivity index (χ1) is 13.4. The summed E-state index contributed by atoms with van der Waals surface area (Å²) in [7, 11) is 0. The Morgan fingerprint density at radius 2 is 1.45 bits per heavy atom. The van der Waals surface area contributed by atoms with Crippen LogP contribution in [0.1, 0.15) is 59.1 Å². The van der Waals surface area contributed by atoms with Crippen LogP contribution in [0, 0.1) is 0 Å². The molecule has 2 aliphatic heterocycles. The lowest BCUT2D eigenvalue weighted by atomic mass is 9.78. The van der Waals surface area contributed by atoms with Gasteiger partial charge in [0.15, 0.2) is 18.0 Å². The number of rotatable bonds is 5. The van der Waals surface area contributed by atoms with Crippen molar-refractivity contribution in [3.05, 3.63) is 35.9 Å². The Morgan fingerprint density at radius 1 is 1.00 bits per heavy atom. The van der Waals surface area contributed by atoms with Crippen LogP contribution < -0.4 is 0 Å². The first kappa shape index (κ1) is 21.7. The zero-order chi connectivity index (χ0) is 21.6. The van der Waals surface area contributed by atoms with Gasteiger partial charge in [-0.05, 0) is 40.2 Å². The summed E-state index contributed by atoms with van der Waals surface area (Å²) >= 11 is 0. The zero-order valence-corrected chi connectivity index (χ0v) is 17.4. The number of piperidine rings is 1. The van der Waals surface area contributed by atoms with Crippen molar-refractivity contribution in [2.75, 3.05) is 0 Å². The van der Waals surface area contributed by atoms with Crippen molar-refractivity contribution in [2.45, 2.75) is 82.6 Å². The third-order valence-corrected chi connectivity index (χ3v) is 5.48. The maximum Gasteiger partial charge on any atom is 0.336 e. The van der Waals surface area contributed by atoms with Crippen molar-refractivity contribution in [1.29, 1.82) is 0 Å². The van der Waals surface area contributed by atoms with Crippen molar-refractivity contribution in [1.82, 2.24) is 5.06 Å². The SMILES string of the molecule is CC(ON1C(C)(C)CC2(CC1(C)C)OC(C(=O)O)C(C(=O)O)O2)c1ccccc1. The molecule has 0 aliphatic carbocycles. The number of ether oxygens (including phenoxy) is 2. The average molecular weight is 407 g/mol. The van der Waals surface area contributed by atoms with Crippen molar-refractivity contribution in [2.24, 2.45) is 0 Å². The van der Waals surface area contributed by atoms with E-state index in [-0.39, 0.29) is 18.9 Å². The Labute approximate surface area is 170 Å². The lowest BCUT2D eigenvalue weighted by Gasteiger charge is -2.56. The number of carbonyl (C=O) groups is 2. The molecule has 3 unspecified atom stereocenters. The Morgan fingerprint density at radius 3 is 1.86 bits per heavy atom. The normalized spacial score (nSPS) is 28.9. The van der Waals surface area contributed by atoms with E-state index in [0.29, 0.717) is 0 Å². The van der Waals surface area contributed by atoms with E-state index in [2.05, 4.69) is 0 Å². The molecule has 2 N–H and O–H groups in total. The van der Waals surface area contributed by atoms with Crippen LogP contribution in [0.15, 0.2) is 30.3 Å². The molecule has 2 saturated heterocycles. The highest BCUT2D eigenvalue weighted by molar-refractivity contribution is 5.84. The molecule has 8 nitrogen and oxygen atoms in total. The van der Waals surface area contributed by atoms with Crippen LogP contribution in [0.2, 0.25) is 0 Å². The summed E-state index contributed by atoms with van der Waals surface area (Å²) in [6.45, 7) is 9.76. The van der Waals surface area contributed by atoms with Crippen molar-refractivity contribution in [3.8, 4) is 0 Å². The standard InChI is InChI=1S/C21H29NO7/c1-13(14-9-7-6-8-10-14)29-22-19(2,3)11-21(12-20(22,4)5)27-15(17(23)24)16(28-21)18(25)26/h6-10,13,15-16H,11-12H2,1-5H3,(H,23,24)(H,25,26). The van der Waals surface area contributed by atoms with Crippen LogP contribution >= 0.6 is 0 Å². The summed E-state index contributed by atoms with van der Waals surface area (Å²) in [5.74, 6) is -4.00. The fraction of sp³-hybridized carbons (Fsp3) is 0.619. The van der Waals surface area contributed by atoms with Crippen LogP contribution in [-0.4, -0.2) is 56.3 Å². The highest BCUT2D eigenvalue weighted by Gasteiger charge is 2.62. The van der Waals surface area contributed by atoms with Crippen molar-refractivity contribution >= 4 is 11.9 Å². The number of benzene rings is 1. The van der Waals surface area contributed by atoms with Crippen LogP contribution in [0.5, 0.6) is 0 Å². The third-order valence-electron chi connectivity index (χ3n) is 5.48. The summed E-state index contributed by atoms with van der Waals surface area (Å²) in [5, 5.41) is 20.7. The Balaban J connectivity index is 1.85. The minimum absolute atomic E-state index is 0.201. The summed E-state index contributed by atoms with van der Waals surface area (Å²) in [5.41, 5.74) is -0.188. The van der Waals surface area contributed by atoms with Crippen LogP contribution in [-0.2, 0) is 23.9 Å². The van der Waals surface area contributed by atoms with E-state index < -0.39 is 41.0 Å². The molecule has 0 saturated carbocycles. The molecule has 2 fully saturated rings. The summed E-state index contributed by atoms with van der Waals surface area (Å²) in [6.07, 6.45) is -2.77. The van der Waals surface area contributed by atoms with E-state index in [1.807, 2.05) is 70.0 Å². The molecule has 3 atom stereocenters. The Hall–Kier alpha value is -2.00. The number of aliphatic carboxylic acids is 2. The summed E-state index contributed by atoms with van der Waals surface area (Å²) in [6, 6.07) is 9.84. The van der Waals surface area contributed by atoms with Gasteiger partial charge in [-0.15, -0.1) is 0 Å². The molecule has 1 aromatic carbocycles. The molecule has 8 heteroatoms. The second kappa shape index (κ2) is 7.36. The van der Waals surface area contributed by atoms with Crippen molar-refractivity contribution < 1.29 is 34.1 Å². The van der Waals surface area contributed by atoms with Gasteiger partial charge in [-0.3, -0.25) is 4.84 Å². The van der Waals surface area contributed by atoms with Crippen molar-refractivity contribution in [3.63, 3.8) is 0 Å². The molecule has 0 bridgehead atoms. The zero-order valence-electron chi connectivity index (χ0n) is 17.4. The maximum atomic E-state index is 11.5. The molecule has 29 heavy (non-hydrogen) atoms. The van der Waals surface area contributed by atoms with Gasteiger partial charge in [0.05, 0.1) is 0 Å². The van der Waals surface area contributed by atoms with Crippen LogP contribution in [0.4, 0.5) is 0 Å². The number of nitrogens with zero attached hydrogens (tertiary/aromatic N) is 1. The predicted octanol–water partition coefficient (Wildman–Crippen LogP) is 2.98. The molecule has 2 aliphatic rings. The average Bonchev–Trinajstić information content (AvgIpc) is 2.97. The molecule has 0 aromatic heterocycles. The van der Waals surface area contributed by atoms with Crippen LogP contribution in [0.25, 0.3) is 0 Å². The number of carboxylic acid groups (broad SMARTS) is 2. The second-order valence-electron chi connectivity index (χ2n) is 9.10. The van der Waals surface area contributed by atoms with Gasteiger partial charge in [0, 0.05) is 23.9 Å². The van der Waals surface area contributed by atoms with E-state index in [4.69, 9.17) is 14.3 Å². The van der Waals surface area contributed by atoms with E-state index >= 15 is 0 Å². The van der Waals surface area contributed by atoms with Crippen LogP contribution in [0.3, 0.4) is 0 Å². The van der Waals surface area contributed by atoms with Gasteiger partial charge in [0.2, 0.25) is 0 Å². The molecule has 0 amide bonds. The van der Waals surface area contributed by atoms with Gasteiger partial charge in [-0.2, -0.15) is 5.06 Å². The van der Waals surface area contributed by atoms with Gasteiger partial charge in [-0.25, -0.2) is 9.59 Å². The monoisotopic (exact) mass is 407 g/mol. The van der Waals surface area contributed by atoms with Gasteiger partial charge >= 0.3 is 11.9 Å². The highest BCUT2D eigenvalue weighted by Crippen LogP contribution is 2.50.